The highest BCUT2D eigenvalue weighted by Crippen LogP contribution is 2.39. The number of aliphatic hydroxyl groups is 1. The number of halogens is 5. The summed E-state index contributed by atoms with van der Waals surface area (Å²) >= 11 is 0. The molecular weight excluding hydrogens is 529 g/mol. The summed E-state index contributed by atoms with van der Waals surface area (Å²) in [7, 11) is -2.00. The minimum atomic E-state index is -4.86. The summed E-state index contributed by atoms with van der Waals surface area (Å²) in [5, 5.41) is 12.5. The predicted molar refractivity (Wildman–Crippen MR) is 133 cm³/mol. The number of alkyl halides is 3. The maximum Gasteiger partial charge on any atom is 0.573 e. The molecule has 1 heterocycles. The Balaban J connectivity index is 1.48. The van der Waals surface area contributed by atoms with Crippen molar-refractivity contribution in [1.29, 1.82) is 0 Å². The number of hydrogen-bond acceptors (Lipinski definition) is 4. The first-order valence-electron chi connectivity index (χ1n) is 11.8. The van der Waals surface area contributed by atoms with Crippen LogP contribution in [-0.4, -0.2) is 39.4 Å². The number of hydrogen-bond donors (Lipinski definition) is 2. The quantitative estimate of drug-likeness (QED) is 0.294. The van der Waals surface area contributed by atoms with Gasteiger partial charge in [0, 0.05) is 34.9 Å². The molecule has 0 aliphatic heterocycles. The van der Waals surface area contributed by atoms with Gasteiger partial charge in [-0.25, -0.2) is 22.1 Å². The monoisotopic (exact) mass is 553 g/mol. The van der Waals surface area contributed by atoms with E-state index < -0.39 is 51.8 Å². The molecule has 5 rings (SSSR count). The zero-order chi connectivity index (χ0) is 27.2. The lowest BCUT2D eigenvalue weighted by Gasteiger charge is -2.37. The highest BCUT2D eigenvalue weighted by atomic mass is 32.2. The van der Waals surface area contributed by atoms with Gasteiger partial charge >= 0.3 is 6.36 Å². The van der Waals surface area contributed by atoms with E-state index in [1.165, 1.54) is 43.4 Å². The second kappa shape index (κ2) is 9.83. The molecule has 1 aromatic heterocycles. The van der Waals surface area contributed by atoms with Gasteiger partial charge in [0.15, 0.2) is 0 Å². The van der Waals surface area contributed by atoms with Gasteiger partial charge in [-0.15, -0.1) is 13.2 Å². The van der Waals surface area contributed by atoms with E-state index in [-0.39, 0.29) is 4.90 Å². The van der Waals surface area contributed by atoms with Crippen LogP contribution in [0.3, 0.4) is 0 Å². The first kappa shape index (κ1) is 26.4. The van der Waals surface area contributed by atoms with Gasteiger partial charge in [0.25, 0.3) is 0 Å². The second-order valence-electron chi connectivity index (χ2n) is 9.13. The van der Waals surface area contributed by atoms with Crippen LogP contribution in [0.4, 0.5) is 22.0 Å². The standard InChI is InChI=1S/C26H24F5N3O3S/c1-32-38(36,18-9-7-17(8-10-18)37-26(29,30)31)33-21-3-2-4-24(25(21)35)34-22-11-5-15(27)13-19(22)20-14-16(28)6-12-23(20)34/h5-14,21,24-25,35H,2-4H2,1H3,(H,32,33,36). The molecule has 0 saturated heterocycles. The highest BCUT2D eigenvalue weighted by molar-refractivity contribution is 7.91. The van der Waals surface area contributed by atoms with E-state index in [1.54, 1.807) is 12.1 Å². The molecule has 1 fully saturated rings. The third-order valence-electron chi connectivity index (χ3n) is 6.82. The van der Waals surface area contributed by atoms with Crippen molar-refractivity contribution in [3.8, 4) is 5.75 Å². The molecule has 0 bridgehead atoms. The number of nitrogens with zero attached hydrogens (tertiary/aromatic N) is 2. The van der Waals surface area contributed by atoms with Crippen molar-refractivity contribution >= 4 is 31.7 Å². The minimum Gasteiger partial charge on any atom is -0.406 e. The maximum absolute atomic E-state index is 14.1. The summed E-state index contributed by atoms with van der Waals surface area (Å²) < 4.78 is 92.0. The average Bonchev–Trinajstić information content (AvgIpc) is 3.17. The van der Waals surface area contributed by atoms with Crippen LogP contribution in [0.15, 0.2) is 69.9 Å². The Bertz CT molecular complexity index is 1550. The van der Waals surface area contributed by atoms with E-state index in [2.05, 4.69) is 13.8 Å². The Labute approximate surface area is 215 Å². The predicted octanol–water partition coefficient (Wildman–Crippen LogP) is 6.09. The van der Waals surface area contributed by atoms with Crippen molar-refractivity contribution in [1.82, 2.24) is 9.29 Å². The van der Waals surface area contributed by atoms with Gasteiger partial charge in [0.05, 0.1) is 17.0 Å². The Kier molecular flexibility index (Phi) is 6.82. The molecule has 0 amide bonds. The van der Waals surface area contributed by atoms with Crippen LogP contribution in [-0.2, 0) is 9.92 Å². The maximum atomic E-state index is 14.1. The zero-order valence-corrected chi connectivity index (χ0v) is 20.9. The van der Waals surface area contributed by atoms with Crippen molar-refractivity contribution in [3.63, 3.8) is 0 Å². The lowest BCUT2D eigenvalue weighted by molar-refractivity contribution is -0.274. The van der Waals surface area contributed by atoms with Crippen LogP contribution in [0.5, 0.6) is 5.75 Å². The first-order chi connectivity index (χ1) is 18.0. The van der Waals surface area contributed by atoms with Gasteiger partial charge in [-0.05, 0) is 79.9 Å². The Morgan fingerprint density at radius 2 is 1.55 bits per heavy atom. The van der Waals surface area contributed by atoms with E-state index in [0.717, 1.165) is 12.1 Å². The fraction of sp³-hybridized carbons (Fsp3) is 0.308. The molecule has 1 aliphatic carbocycles. The summed E-state index contributed by atoms with van der Waals surface area (Å²) in [5.41, 5.74) is 1.25. The first-order valence-corrected chi connectivity index (χ1v) is 13.4. The van der Waals surface area contributed by atoms with E-state index in [1.807, 2.05) is 4.57 Å². The number of ether oxygens (including phenoxy) is 1. The van der Waals surface area contributed by atoms with E-state index in [9.17, 15) is 31.3 Å². The molecule has 0 radical (unpaired) electrons. The van der Waals surface area contributed by atoms with Gasteiger partial charge in [0.1, 0.15) is 27.3 Å². The largest absolute Gasteiger partial charge is 0.573 e. The van der Waals surface area contributed by atoms with Crippen LogP contribution in [0.1, 0.15) is 25.3 Å². The van der Waals surface area contributed by atoms with Crippen molar-refractivity contribution in [2.24, 2.45) is 4.36 Å². The van der Waals surface area contributed by atoms with Gasteiger partial charge in [-0.3, -0.25) is 0 Å². The van der Waals surface area contributed by atoms with Gasteiger partial charge in [-0.2, -0.15) is 0 Å². The smallest absolute Gasteiger partial charge is 0.406 e. The molecule has 4 atom stereocenters. The van der Waals surface area contributed by atoms with Gasteiger partial charge < -0.3 is 14.4 Å². The Morgan fingerprint density at radius 3 is 2.08 bits per heavy atom. The summed E-state index contributed by atoms with van der Waals surface area (Å²) in [4.78, 5) is 0.131. The fourth-order valence-corrected chi connectivity index (χ4v) is 6.80. The number of aliphatic hydroxyl groups excluding tert-OH is 1. The van der Waals surface area contributed by atoms with Crippen molar-refractivity contribution in [2.45, 2.75) is 48.7 Å². The molecular formula is C26H24F5N3O3S. The van der Waals surface area contributed by atoms with Gasteiger partial charge in [-0.1, -0.05) is 0 Å². The molecule has 1 saturated carbocycles. The summed E-state index contributed by atoms with van der Waals surface area (Å²) in [5.74, 6) is -1.41. The number of aromatic nitrogens is 1. The number of benzene rings is 3. The molecule has 2 N–H and O–H groups in total. The third kappa shape index (κ3) is 4.95. The SMILES string of the molecule is CN=S(=O)(NC1CCCC(n2c3ccc(F)cc3c3cc(F)ccc32)C1O)c1ccc(OC(F)(F)F)cc1. The normalized spacial score (nSPS) is 21.9. The molecule has 38 heavy (non-hydrogen) atoms. The number of rotatable bonds is 5. The molecule has 3 aromatic carbocycles. The van der Waals surface area contributed by atoms with Crippen LogP contribution in [0.25, 0.3) is 21.8 Å². The minimum absolute atomic E-state index is 0.131. The van der Waals surface area contributed by atoms with Crippen LogP contribution < -0.4 is 9.46 Å². The summed E-state index contributed by atoms with van der Waals surface area (Å²) in [6.45, 7) is 0. The average molecular weight is 554 g/mol. The molecule has 1 aliphatic rings. The van der Waals surface area contributed by atoms with E-state index in [4.69, 9.17) is 0 Å². The summed E-state index contributed by atoms with van der Waals surface area (Å²) in [6.07, 6.45) is -4.27. The fourth-order valence-electron chi connectivity index (χ4n) is 5.18. The lowest BCUT2D eigenvalue weighted by atomic mass is 9.88. The molecule has 4 unspecified atom stereocenters. The molecule has 4 aromatic rings. The van der Waals surface area contributed by atoms with E-state index in [0.29, 0.717) is 41.1 Å². The molecule has 12 heteroatoms. The van der Waals surface area contributed by atoms with Crippen molar-refractivity contribution in [2.75, 3.05) is 7.05 Å². The van der Waals surface area contributed by atoms with Crippen molar-refractivity contribution in [3.05, 3.63) is 72.3 Å². The second-order valence-corrected chi connectivity index (χ2v) is 11.3. The Hall–Kier alpha value is -3.22. The topological polar surface area (TPSA) is 75.9 Å². The lowest BCUT2D eigenvalue weighted by Crippen LogP contribution is -2.49. The molecule has 0 spiro atoms. The highest BCUT2D eigenvalue weighted by Gasteiger charge is 2.37. The number of nitrogens with one attached hydrogen (secondary N) is 1. The third-order valence-corrected chi connectivity index (χ3v) is 8.87. The van der Waals surface area contributed by atoms with Crippen LogP contribution in [0, 0.1) is 11.6 Å². The number of fused-ring (bicyclic) bond motifs is 3. The molecule has 6 nitrogen and oxygen atoms in total. The zero-order valence-electron chi connectivity index (χ0n) is 20.1. The molecule has 202 valence electrons. The van der Waals surface area contributed by atoms with Gasteiger partial charge in [0.2, 0.25) is 0 Å². The van der Waals surface area contributed by atoms with E-state index >= 15 is 0 Å². The van der Waals surface area contributed by atoms with Crippen molar-refractivity contribution < 1.29 is 36.0 Å². The van der Waals surface area contributed by atoms with Crippen LogP contribution >= 0.6 is 0 Å². The van der Waals surface area contributed by atoms with Crippen LogP contribution in [0.2, 0.25) is 0 Å². The Morgan fingerprint density at radius 1 is 0.974 bits per heavy atom. The summed E-state index contributed by atoms with van der Waals surface area (Å²) in [6, 6.07) is 11.8.